The molecule has 0 radical (unpaired) electrons. The number of phosphoric ester groups is 1. The molecule has 0 aromatic carbocycles. The van der Waals surface area contributed by atoms with Gasteiger partial charge in [-0.2, -0.15) is 0 Å². The Bertz CT molecular complexity index is 933. The van der Waals surface area contributed by atoms with Gasteiger partial charge in [0.2, 0.25) is 0 Å². The van der Waals surface area contributed by atoms with Crippen LogP contribution in [0.25, 0.3) is 0 Å². The lowest BCUT2D eigenvalue weighted by atomic mass is 10.0. The zero-order valence-corrected chi connectivity index (χ0v) is 37.5. The average Bonchev–Trinajstić information content (AvgIpc) is 3.15. The molecule has 0 aliphatic heterocycles. The SMILES string of the molecule is C=[N+](C)CCOP(=O)(OCC)OC[C@@H](COC(=O)CCCCCCCCCCCCCCCCC)OC(=O)CCCCCCCCCCCCCCCCC. The molecule has 326 valence electrons. The summed E-state index contributed by atoms with van der Waals surface area (Å²) in [5.41, 5.74) is 0. The van der Waals surface area contributed by atoms with Gasteiger partial charge >= 0.3 is 19.8 Å². The minimum Gasteiger partial charge on any atom is -0.462 e. The normalized spacial score (nSPS) is 13.1. The van der Waals surface area contributed by atoms with Crippen LogP contribution < -0.4 is 0 Å². The van der Waals surface area contributed by atoms with Gasteiger partial charge in [0.05, 0.1) is 13.2 Å². The predicted molar refractivity (Wildman–Crippen MR) is 229 cm³/mol. The van der Waals surface area contributed by atoms with Gasteiger partial charge in [0, 0.05) is 12.8 Å². The molecule has 0 saturated heterocycles. The molecule has 0 spiro atoms. The van der Waals surface area contributed by atoms with E-state index in [2.05, 4.69) is 20.6 Å². The monoisotopic (exact) mass is 803 g/mol. The highest BCUT2D eigenvalue weighted by Gasteiger charge is 2.30. The van der Waals surface area contributed by atoms with Crippen LogP contribution in [0.3, 0.4) is 0 Å². The topological polar surface area (TPSA) is 100 Å². The molecule has 0 amide bonds. The fraction of sp³-hybridized carbons (Fsp3) is 0.933. The molecule has 0 bridgehead atoms. The van der Waals surface area contributed by atoms with Crippen LogP contribution in [-0.4, -0.2) is 69.4 Å². The molecule has 55 heavy (non-hydrogen) atoms. The Morgan fingerprint density at radius 1 is 0.509 bits per heavy atom. The Kier molecular flexibility index (Phi) is 39.9. The molecule has 0 aromatic rings. The van der Waals surface area contributed by atoms with E-state index in [0.717, 1.165) is 38.5 Å². The highest BCUT2D eigenvalue weighted by Crippen LogP contribution is 2.49. The van der Waals surface area contributed by atoms with Crippen LogP contribution in [0.15, 0.2) is 0 Å². The van der Waals surface area contributed by atoms with Crippen LogP contribution >= 0.6 is 7.82 Å². The summed E-state index contributed by atoms with van der Waals surface area (Å²) in [7, 11) is -2.13. The number of unbranched alkanes of at least 4 members (excludes halogenated alkanes) is 28. The van der Waals surface area contributed by atoms with Crippen molar-refractivity contribution in [3.05, 3.63) is 0 Å². The lowest BCUT2D eigenvalue weighted by molar-refractivity contribution is -0.490. The quantitative estimate of drug-likeness (QED) is 0.0197. The number of likely N-dealkylation sites (N-methyl/N-ethyl adjacent to an activating group) is 1. The molecule has 0 aliphatic rings. The third-order valence-electron chi connectivity index (χ3n) is 10.1. The van der Waals surface area contributed by atoms with Crippen molar-refractivity contribution < 1.29 is 41.8 Å². The molecule has 0 heterocycles. The summed E-state index contributed by atoms with van der Waals surface area (Å²) < 4.78 is 42.3. The summed E-state index contributed by atoms with van der Waals surface area (Å²) in [6, 6.07) is 0. The van der Waals surface area contributed by atoms with Crippen LogP contribution in [-0.2, 0) is 37.2 Å². The van der Waals surface area contributed by atoms with E-state index in [-0.39, 0.29) is 44.8 Å². The van der Waals surface area contributed by atoms with Crippen LogP contribution in [0.4, 0.5) is 0 Å². The fourth-order valence-corrected chi connectivity index (χ4v) is 7.85. The number of rotatable bonds is 44. The van der Waals surface area contributed by atoms with Crippen molar-refractivity contribution in [1.29, 1.82) is 0 Å². The van der Waals surface area contributed by atoms with Crippen molar-refractivity contribution >= 4 is 26.5 Å². The molecule has 0 rings (SSSR count). The summed E-state index contributed by atoms with van der Waals surface area (Å²) in [5, 5.41) is 0. The molecule has 0 saturated carbocycles. The second kappa shape index (κ2) is 40.9. The van der Waals surface area contributed by atoms with Crippen molar-refractivity contribution in [3.8, 4) is 0 Å². The predicted octanol–water partition coefficient (Wildman–Crippen LogP) is 13.5. The van der Waals surface area contributed by atoms with Crippen molar-refractivity contribution in [1.82, 2.24) is 0 Å². The first-order valence-electron chi connectivity index (χ1n) is 23.2. The minimum absolute atomic E-state index is 0.0924. The zero-order chi connectivity index (χ0) is 40.5. The van der Waals surface area contributed by atoms with E-state index >= 15 is 0 Å². The molecule has 10 heteroatoms. The Labute approximate surface area is 339 Å². The van der Waals surface area contributed by atoms with Crippen molar-refractivity contribution in [2.24, 2.45) is 0 Å². The Balaban J connectivity index is 4.42. The summed E-state index contributed by atoms with van der Waals surface area (Å²) in [5.74, 6) is -0.714. The number of nitrogens with zero attached hydrogens (tertiary/aromatic N) is 1. The van der Waals surface area contributed by atoms with Crippen molar-refractivity contribution in [2.75, 3.05) is 40.0 Å². The molecule has 0 fully saturated rings. The van der Waals surface area contributed by atoms with Gasteiger partial charge in [-0.3, -0.25) is 23.2 Å². The lowest BCUT2D eigenvalue weighted by Gasteiger charge is -2.21. The van der Waals surface area contributed by atoms with Crippen molar-refractivity contribution in [3.63, 3.8) is 0 Å². The molecule has 0 aromatic heterocycles. The van der Waals surface area contributed by atoms with E-state index in [1.807, 2.05) is 0 Å². The van der Waals surface area contributed by atoms with Gasteiger partial charge in [-0.25, -0.2) is 9.14 Å². The summed E-state index contributed by atoms with van der Waals surface area (Å²) in [6.07, 6.45) is 37.4. The number of carbonyl (C=O) groups excluding carboxylic acids is 2. The van der Waals surface area contributed by atoms with Gasteiger partial charge in [-0.1, -0.05) is 194 Å². The number of carbonyl (C=O) groups is 2. The maximum atomic E-state index is 13.2. The molecule has 1 unspecified atom stereocenters. The largest absolute Gasteiger partial charge is 0.475 e. The van der Waals surface area contributed by atoms with E-state index in [1.54, 1.807) is 18.5 Å². The Morgan fingerprint density at radius 3 is 1.24 bits per heavy atom. The van der Waals surface area contributed by atoms with E-state index < -0.39 is 13.9 Å². The first-order valence-corrected chi connectivity index (χ1v) is 24.6. The van der Waals surface area contributed by atoms with Crippen LogP contribution in [0, 0.1) is 0 Å². The van der Waals surface area contributed by atoms with E-state index in [0.29, 0.717) is 13.0 Å². The summed E-state index contributed by atoms with van der Waals surface area (Å²) in [6.45, 7) is 10.2. The highest BCUT2D eigenvalue weighted by molar-refractivity contribution is 7.48. The summed E-state index contributed by atoms with van der Waals surface area (Å²) >= 11 is 0. The molecule has 9 nitrogen and oxygen atoms in total. The first-order chi connectivity index (χ1) is 26.8. The summed E-state index contributed by atoms with van der Waals surface area (Å²) in [4.78, 5) is 25.4. The Morgan fingerprint density at radius 2 is 0.873 bits per heavy atom. The van der Waals surface area contributed by atoms with E-state index in [1.165, 1.54) is 154 Å². The Hall–Kier alpha value is -1.28. The fourth-order valence-electron chi connectivity index (χ4n) is 6.65. The molecular weight excluding hydrogens is 713 g/mol. The number of hydrogen-bond acceptors (Lipinski definition) is 8. The second-order valence-electron chi connectivity index (χ2n) is 15.8. The number of phosphoric acid groups is 1. The van der Waals surface area contributed by atoms with Crippen LogP contribution in [0.2, 0.25) is 0 Å². The molecule has 2 atom stereocenters. The third-order valence-corrected chi connectivity index (χ3v) is 11.7. The van der Waals surface area contributed by atoms with Gasteiger partial charge in [-0.05, 0) is 19.8 Å². The molecular formula is C45H89NO8P+. The van der Waals surface area contributed by atoms with Crippen molar-refractivity contribution in [2.45, 2.75) is 232 Å². The lowest BCUT2D eigenvalue weighted by Crippen LogP contribution is -2.29. The molecule has 0 aliphatic carbocycles. The van der Waals surface area contributed by atoms with Gasteiger partial charge in [-0.15, -0.1) is 0 Å². The minimum atomic E-state index is -3.91. The zero-order valence-electron chi connectivity index (χ0n) is 36.6. The van der Waals surface area contributed by atoms with Crippen LogP contribution in [0.5, 0.6) is 0 Å². The van der Waals surface area contributed by atoms with Crippen LogP contribution in [0.1, 0.15) is 226 Å². The van der Waals surface area contributed by atoms with Gasteiger partial charge < -0.3 is 9.47 Å². The third kappa shape index (κ3) is 39.3. The van der Waals surface area contributed by atoms with Gasteiger partial charge in [0.25, 0.3) is 0 Å². The maximum absolute atomic E-state index is 13.2. The first kappa shape index (κ1) is 53.7. The number of hydrogen-bond donors (Lipinski definition) is 0. The highest BCUT2D eigenvalue weighted by atomic mass is 31.2. The maximum Gasteiger partial charge on any atom is 0.475 e. The van der Waals surface area contributed by atoms with Gasteiger partial charge in [0.15, 0.2) is 12.6 Å². The molecule has 0 N–H and O–H groups in total. The average molecular weight is 803 g/mol. The number of ether oxygens (including phenoxy) is 2. The second-order valence-corrected chi connectivity index (χ2v) is 17.4. The smallest absolute Gasteiger partial charge is 0.462 e. The standard InChI is InChI=1S/C45H89NO8P/c1-6-9-11-13-15-17-19-21-23-25-27-29-31-33-35-37-44(47)50-41-43(42-53-55(49,51-8-3)52-40-39-46(4)5)54-45(48)38-36-34-32-30-28-26-24-22-20-18-16-14-12-10-7-2/h43H,4,6-42H2,1-3,5H3/q+1/t43-,55?/m1/s1. The van der Waals surface area contributed by atoms with E-state index in [9.17, 15) is 14.2 Å². The van der Waals surface area contributed by atoms with Gasteiger partial charge in [0.1, 0.15) is 27.0 Å². The van der Waals surface area contributed by atoms with E-state index in [4.69, 9.17) is 23.0 Å². The number of esters is 2.